The van der Waals surface area contributed by atoms with Crippen LogP contribution in [-0.2, 0) is 4.79 Å². The highest BCUT2D eigenvalue weighted by Gasteiger charge is 2.40. The molecule has 7 heteroatoms. The zero-order valence-corrected chi connectivity index (χ0v) is 18.6. The normalized spacial score (nSPS) is 18.3. The van der Waals surface area contributed by atoms with E-state index in [-0.39, 0.29) is 18.0 Å². The van der Waals surface area contributed by atoms with Crippen molar-refractivity contribution in [2.24, 2.45) is 0 Å². The quantitative estimate of drug-likeness (QED) is 0.546. The number of amides is 1. The van der Waals surface area contributed by atoms with Crippen LogP contribution in [0, 0.1) is 13.8 Å². The standard InChI is InChI=1S/C23H24N4OS2/c1-15-6-5-7-17(14-15)25-19(28)9-12-27-21(22-16(2)10-13-30-22)20(26-23(27)29)18-8-3-4-11-24-18/h3-8,10-11,13-14,20-21H,9,12H2,1-2H3,(H,25,28)(H,26,29)/t20-,21-/m0/s1. The number of carbonyl (C=O) groups excluding carboxylic acids is 1. The minimum atomic E-state index is -0.0455. The van der Waals surface area contributed by atoms with E-state index in [0.29, 0.717) is 18.1 Å². The monoisotopic (exact) mass is 436 g/mol. The maximum Gasteiger partial charge on any atom is 0.226 e. The molecule has 1 aliphatic rings. The van der Waals surface area contributed by atoms with E-state index < -0.39 is 0 Å². The maximum absolute atomic E-state index is 12.6. The highest BCUT2D eigenvalue weighted by molar-refractivity contribution is 7.80. The van der Waals surface area contributed by atoms with Crippen molar-refractivity contribution in [3.63, 3.8) is 0 Å². The second-order valence-corrected chi connectivity index (χ2v) is 8.79. The lowest BCUT2D eigenvalue weighted by atomic mass is 10.0. The van der Waals surface area contributed by atoms with Gasteiger partial charge in [0, 0.05) is 29.7 Å². The maximum atomic E-state index is 12.6. The van der Waals surface area contributed by atoms with Crippen LogP contribution in [0.4, 0.5) is 5.69 Å². The van der Waals surface area contributed by atoms with Gasteiger partial charge in [0.1, 0.15) is 0 Å². The van der Waals surface area contributed by atoms with Crippen LogP contribution < -0.4 is 10.6 Å². The Morgan fingerprint density at radius 3 is 2.80 bits per heavy atom. The van der Waals surface area contributed by atoms with Crippen molar-refractivity contribution in [1.29, 1.82) is 0 Å². The van der Waals surface area contributed by atoms with Crippen molar-refractivity contribution in [2.45, 2.75) is 32.4 Å². The van der Waals surface area contributed by atoms with Crippen molar-refractivity contribution in [1.82, 2.24) is 15.2 Å². The molecule has 3 heterocycles. The highest BCUT2D eigenvalue weighted by Crippen LogP contribution is 2.41. The van der Waals surface area contributed by atoms with Crippen LogP contribution in [0.1, 0.15) is 40.2 Å². The van der Waals surface area contributed by atoms with Gasteiger partial charge in [-0.25, -0.2) is 0 Å². The Bertz CT molecular complexity index is 1050. The molecule has 3 aromatic rings. The molecular formula is C23H24N4OS2. The number of pyridine rings is 1. The lowest BCUT2D eigenvalue weighted by Gasteiger charge is -2.27. The minimum Gasteiger partial charge on any atom is -0.352 e. The summed E-state index contributed by atoms with van der Waals surface area (Å²) >= 11 is 7.39. The summed E-state index contributed by atoms with van der Waals surface area (Å²) in [7, 11) is 0. The van der Waals surface area contributed by atoms with Crippen molar-refractivity contribution in [3.05, 3.63) is 81.8 Å². The molecule has 2 aromatic heterocycles. The summed E-state index contributed by atoms with van der Waals surface area (Å²) < 4.78 is 0. The van der Waals surface area contributed by atoms with Gasteiger partial charge in [-0.1, -0.05) is 18.2 Å². The molecule has 5 nitrogen and oxygen atoms in total. The highest BCUT2D eigenvalue weighted by atomic mass is 32.1. The summed E-state index contributed by atoms with van der Waals surface area (Å²) in [6.45, 7) is 4.66. The molecule has 1 fully saturated rings. The van der Waals surface area contributed by atoms with Gasteiger partial charge in [-0.15, -0.1) is 11.3 Å². The predicted octanol–water partition coefficient (Wildman–Crippen LogP) is 4.76. The Hall–Kier alpha value is -2.77. The van der Waals surface area contributed by atoms with Gasteiger partial charge in [0.25, 0.3) is 0 Å². The zero-order valence-electron chi connectivity index (χ0n) is 17.0. The molecule has 0 bridgehead atoms. The minimum absolute atomic E-state index is 0.0131. The van der Waals surface area contributed by atoms with Crippen LogP contribution in [0.2, 0.25) is 0 Å². The smallest absolute Gasteiger partial charge is 0.226 e. The molecule has 2 atom stereocenters. The summed E-state index contributed by atoms with van der Waals surface area (Å²) in [6, 6.07) is 15.8. The first-order valence-corrected chi connectivity index (χ1v) is 11.2. The fourth-order valence-electron chi connectivity index (χ4n) is 3.79. The fraction of sp³-hybridized carbons (Fsp3) is 0.261. The molecule has 0 saturated carbocycles. The summed E-state index contributed by atoms with van der Waals surface area (Å²) in [6.07, 6.45) is 2.15. The Labute approximate surface area is 186 Å². The molecular weight excluding hydrogens is 412 g/mol. The molecule has 1 aliphatic heterocycles. The van der Waals surface area contributed by atoms with Gasteiger partial charge in [0.2, 0.25) is 5.91 Å². The van der Waals surface area contributed by atoms with E-state index in [2.05, 4.69) is 38.9 Å². The number of thiophene rings is 1. The Balaban J connectivity index is 1.52. The number of thiocarbonyl (C=S) groups is 1. The van der Waals surface area contributed by atoms with E-state index in [1.807, 2.05) is 49.4 Å². The van der Waals surface area contributed by atoms with Gasteiger partial charge < -0.3 is 15.5 Å². The van der Waals surface area contributed by atoms with Crippen LogP contribution in [0.15, 0.2) is 60.1 Å². The van der Waals surface area contributed by atoms with Crippen LogP contribution >= 0.6 is 23.6 Å². The summed E-state index contributed by atoms with van der Waals surface area (Å²) in [5, 5.41) is 9.18. The Morgan fingerprint density at radius 1 is 1.23 bits per heavy atom. The number of nitrogens with one attached hydrogen (secondary N) is 2. The molecule has 0 aliphatic carbocycles. The fourth-order valence-corrected chi connectivity index (χ4v) is 5.19. The van der Waals surface area contributed by atoms with Gasteiger partial charge in [-0.3, -0.25) is 9.78 Å². The third kappa shape index (κ3) is 4.37. The molecule has 1 aromatic carbocycles. The summed E-state index contributed by atoms with van der Waals surface area (Å²) in [5.41, 5.74) is 4.11. The van der Waals surface area contributed by atoms with E-state index in [0.717, 1.165) is 16.9 Å². The van der Waals surface area contributed by atoms with Gasteiger partial charge in [-0.2, -0.15) is 0 Å². The number of hydrogen-bond donors (Lipinski definition) is 2. The van der Waals surface area contributed by atoms with Crippen LogP contribution in [0.5, 0.6) is 0 Å². The first-order chi connectivity index (χ1) is 14.5. The number of hydrogen-bond acceptors (Lipinski definition) is 4. The average molecular weight is 437 g/mol. The van der Waals surface area contributed by atoms with Crippen molar-refractivity contribution < 1.29 is 4.79 Å². The number of nitrogens with zero attached hydrogens (tertiary/aromatic N) is 2. The molecule has 1 amide bonds. The van der Waals surface area contributed by atoms with Crippen LogP contribution in [0.3, 0.4) is 0 Å². The molecule has 2 N–H and O–H groups in total. The van der Waals surface area contributed by atoms with Crippen molar-refractivity contribution >= 4 is 40.3 Å². The Morgan fingerprint density at radius 2 is 2.10 bits per heavy atom. The van der Waals surface area contributed by atoms with E-state index in [4.69, 9.17) is 12.2 Å². The summed E-state index contributed by atoms with van der Waals surface area (Å²) in [4.78, 5) is 20.5. The van der Waals surface area contributed by atoms with Gasteiger partial charge in [0.05, 0.1) is 17.8 Å². The SMILES string of the molecule is Cc1cccc(NC(=O)CCN2C(=S)N[C@@H](c3ccccn3)[C@H]2c2sccc2C)c1. The second-order valence-electron chi connectivity index (χ2n) is 7.46. The first-order valence-electron chi connectivity index (χ1n) is 9.91. The molecule has 0 spiro atoms. The van der Waals surface area contributed by atoms with E-state index in [1.54, 1.807) is 17.5 Å². The van der Waals surface area contributed by atoms with Crippen molar-refractivity contribution in [3.8, 4) is 0 Å². The zero-order chi connectivity index (χ0) is 21.1. The lowest BCUT2D eigenvalue weighted by molar-refractivity contribution is -0.116. The lowest BCUT2D eigenvalue weighted by Crippen LogP contribution is -2.32. The van der Waals surface area contributed by atoms with E-state index in [1.165, 1.54) is 10.4 Å². The van der Waals surface area contributed by atoms with E-state index >= 15 is 0 Å². The summed E-state index contributed by atoms with van der Waals surface area (Å²) in [5.74, 6) is -0.0219. The molecule has 1 saturated heterocycles. The van der Waals surface area contributed by atoms with Gasteiger partial charge >= 0.3 is 0 Å². The molecule has 30 heavy (non-hydrogen) atoms. The number of carbonyl (C=O) groups is 1. The second kappa shape index (κ2) is 8.93. The molecule has 154 valence electrons. The molecule has 4 rings (SSSR count). The van der Waals surface area contributed by atoms with Gasteiger partial charge in [-0.05, 0) is 72.9 Å². The largest absolute Gasteiger partial charge is 0.352 e. The topological polar surface area (TPSA) is 57.3 Å². The molecule has 0 radical (unpaired) electrons. The van der Waals surface area contributed by atoms with E-state index in [9.17, 15) is 4.79 Å². The van der Waals surface area contributed by atoms with Crippen LogP contribution in [0.25, 0.3) is 0 Å². The number of aryl methyl sites for hydroxylation is 2. The third-order valence-corrected chi connectivity index (χ3v) is 6.69. The number of anilines is 1. The average Bonchev–Trinajstić information content (AvgIpc) is 3.29. The Kier molecular flexibility index (Phi) is 6.11. The van der Waals surface area contributed by atoms with Crippen LogP contribution in [-0.4, -0.2) is 27.4 Å². The number of rotatable bonds is 6. The predicted molar refractivity (Wildman–Crippen MR) is 126 cm³/mol. The number of aromatic nitrogens is 1. The van der Waals surface area contributed by atoms with Crippen molar-refractivity contribution in [2.75, 3.05) is 11.9 Å². The first kappa shape index (κ1) is 20.5. The number of benzene rings is 1. The van der Waals surface area contributed by atoms with Gasteiger partial charge in [0.15, 0.2) is 5.11 Å². The molecule has 0 unspecified atom stereocenters. The third-order valence-electron chi connectivity index (χ3n) is 5.25.